The second-order valence-corrected chi connectivity index (χ2v) is 5.22. The third-order valence-corrected chi connectivity index (χ3v) is 3.64. The largest absolute Gasteiger partial charge is 0.322 e. The second-order valence-electron chi connectivity index (χ2n) is 3.92. The van der Waals surface area contributed by atoms with E-state index < -0.39 is 0 Å². The normalized spacial score (nSPS) is 10.2. The fourth-order valence-electron chi connectivity index (χ4n) is 1.48. The van der Waals surface area contributed by atoms with Gasteiger partial charge in [0.25, 0.3) is 5.91 Å². The zero-order valence-corrected chi connectivity index (χ0v) is 12.0. The quantitative estimate of drug-likeness (QED) is 0.855. The molecule has 0 aliphatic heterocycles. The Morgan fingerprint density at radius 2 is 1.83 bits per heavy atom. The molecule has 0 saturated carbocycles. The van der Waals surface area contributed by atoms with Crippen LogP contribution in [0.4, 0.5) is 5.69 Å². The van der Waals surface area contributed by atoms with E-state index in [1.807, 2.05) is 25.1 Å². The highest BCUT2D eigenvalue weighted by Gasteiger charge is 2.06. The number of anilines is 1. The molecular formula is C14H11BrClNO. The van der Waals surface area contributed by atoms with Crippen LogP contribution in [0.2, 0.25) is 5.02 Å². The average Bonchev–Trinajstić information content (AvgIpc) is 2.34. The molecule has 92 valence electrons. The summed E-state index contributed by atoms with van der Waals surface area (Å²) in [7, 11) is 0. The van der Waals surface area contributed by atoms with Crippen LogP contribution in [0.5, 0.6) is 0 Å². The summed E-state index contributed by atoms with van der Waals surface area (Å²) in [5.41, 5.74) is 2.46. The predicted octanol–water partition coefficient (Wildman–Crippen LogP) is 4.66. The van der Waals surface area contributed by atoms with Gasteiger partial charge in [-0.25, -0.2) is 0 Å². The molecule has 1 N–H and O–H groups in total. The van der Waals surface area contributed by atoms with Crippen molar-refractivity contribution in [3.05, 3.63) is 63.1 Å². The van der Waals surface area contributed by atoms with Crippen molar-refractivity contribution in [2.24, 2.45) is 0 Å². The first-order valence-electron chi connectivity index (χ1n) is 5.39. The molecule has 2 nitrogen and oxygen atoms in total. The molecule has 4 heteroatoms. The van der Waals surface area contributed by atoms with Gasteiger partial charge in [0, 0.05) is 20.7 Å². The summed E-state index contributed by atoms with van der Waals surface area (Å²) >= 11 is 9.21. The zero-order valence-electron chi connectivity index (χ0n) is 9.71. The Morgan fingerprint density at radius 3 is 2.44 bits per heavy atom. The zero-order chi connectivity index (χ0) is 13.1. The van der Waals surface area contributed by atoms with E-state index in [4.69, 9.17) is 11.6 Å². The molecular weight excluding hydrogens is 314 g/mol. The Labute approximate surface area is 119 Å². The van der Waals surface area contributed by atoms with E-state index in [1.54, 1.807) is 24.3 Å². The minimum Gasteiger partial charge on any atom is -0.322 e. The summed E-state index contributed by atoms with van der Waals surface area (Å²) < 4.78 is 0.969. The molecule has 2 aromatic rings. The van der Waals surface area contributed by atoms with Gasteiger partial charge >= 0.3 is 0 Å². The van der Waals surface area contributed by atoms with Crippen molar-refractivity contribution in [1.82, 2.24) is 0 Å². The molecule has 0 aliphatic rings. The number of hydrogen-bond acceptors (Lipinski definition) is 1. The van der Waals surface area contributed by atoms with Crippen molar-refractivity contribution in [2.75, 3.05) is 5.32 Å². The number of benzene rings is 2. The fraction of sp³-hybridized carbons (Fsp3) is 0.0714. The molecule has 2 rings (SSSR count). The van der Waals surface area contributed by atoms with Crippen LogP contribution in [0, 0.1) is 6.92 Å². The number of nitrogens with one attached hydrogen (secondary N) is 1. The summed E-state index contributed by atoms with van der Waals surface area (Å²) in [6, 6.07) is 12.5. The van der Waals surface area contributed by atoms with E-state index in [1.165, 1.54) is 0 Å². The molecule has 0 radical (unpaired) electrons. The number of carbonyl (C=O) groups excluding carboxylic acids is 1. The first-order valence-corrected chi connectivity index (χ1v) is 6.56. The predicted molar refractivity (Wildman–Crippen MR) is 78.3 cm³/mol. The second kappa shape index (κ2) is 5.55. The Kier molecular flexibility index (Phi) is 4.04. The lowest BCUT2D eigenvalue weighted by Gasteiger charge is -2.07. The molecule has 1 amide bonds. The molecule has 0 aliphatic carbocycles. The van der Waals surface area contributed by atoms with E-state index in [-0.39, 0.29) is 5.91 Å². The number of hydrogen-bond donors (Lipinski definition) is 1. The number of aryl methyl sites for hydroxylation is 1. The first-order chi connectivity index (χ1) is 8.56. The van der Waals surface area contributed by atoms with Crippen molar-refractivity contribution in [3.8, 4) is 0 Å². The highest BCUT2D eigenvalue weighted by molar-refractivity contribution is 9.10. The lowest BCUT2D eigenvalue weighted by Crippen LogP contribution is -2.11. The van der Waals surface area contributed by atoms with Gasteiger partial charge in [0.05, 0.1) is 0 Å². The lowest BCUT2D eigenvalue weighted by atomic mass is 10.2. The van der Waals surface area contributed by atoms with Gasteiger partial charge in [-0.1, -0.05) is 33.6 Å². The van der Waals surface area contributed by atoms with Gasteiger partial charge in [0.1, 0.15) is 0 Å². The van der Waals surface area contributed by atoms with Gasteiger partial charge < -0.3 is 5.32 Å². The van der Waals surface area contributed by atoms with Crippen molar-refractivity contribution >= 4 is 39.1 Å². The Balaban J connectivity index is 2.16. The van der Waals surface area contributed by atoms with Crippen LogP contribution in [0.3, 0.4) is 0 Å². The van der Waals surface area contributed by atoms with Crippen LogP contribution in [-0.2, 0) is 0 Å². The topological polar surface area (TPSA) is 29.1 Å². The summed E-state index contributed by atoms with van der Waals surface area (Å²) in [6.45, 7) is 1.99. The number of halogens is 2. The molecule has 18 heavy (non-hydrogen) atoms. The SMILES string of the molecule is Cc1ccc(NC(=O)c2ccc(Cl)cc2)cc1Br. The smallest absolute Gasteiger partial charge is 0.255 e. The Hall–Kier alpha value is -1.32. The van der Waals surface area contributed by atoms with E-state index >= 15 is 0 Å². The minimum atomic E-state index is -0.151. The van der Waals surface area contributed by atoms with E-state index in [0.717, 1.165) is 15.7 Å². The highest BCUT2D eigenvalue weighted by Crippen LogP contribution is 2.21. The van der Waals surface area contributed by atoms with Crippen LogP contribution < -0.4 is 5.32 Å². The Bertz CT molecular complexity index is 581. The van der Waals surface area contributed by atoms with Gasteiger partial charge in [0.2, 0.25) is 0 Å². The maximum Gasteiger partial charge on any atom is 0.255 e. The number of amides is 1. The van der Waals surface area contributed by atoms with Gasteiger partial charge in [0.15, 0.2) is 0 Å². The standard InChI is InChI=1S/C14H11BrClNO/c1-9-2-7-12(8-13(9)15)17-14(18)10-3-5-11(16)6-4-10/h2-8H,1H3,(H,17,18). The lowest BCUT2D eigenvalue weighted by molar-refractivity contribution is 0.102. The molecule has 0 atom stereocenters. The molecule has 0 heterocycles. The fourth-order valence-corrected chi connectivity index (χ4v) is 1.98. The van der Waals surface area contributed by atoms with Gasteiger partial charge in [-0.3, -0.25) is 4.79 Å². The van der Waals surface area contributed by atoms with Crippen LogP contribution in [-0.4, -0.2) is 5.91 Å². The summed E-state index contributed by atoms with van der Waals surface area (Å²) in [5.74, 6) is -0.151. The first kappa shape index (κ1) is 13.1. The maximum atomic E-state index is 12.0. The summed E-state index contributed by atoms with van der Waals surface area (Å²) in [6.07, 6.45) is 0. The third-order valence-electron chi connectivity index (χ3n) is 2.54. The molecule has 2 aromatic carbocycles. The molecule has 0 aromatic heterocycles. The molecule has 0 spiro atoms. The Morgan fingerprint density at radius 1 is 1.17 bits per heavy atom. The third kappa shape index (κ3) is 3.12. The molecule has 0 fully saturated rings. The summed E-state index contributed by atoms with van der Waals surface area (Å²) in [5, 5.41) is 3.45. The van der Waals surface area contributed by atoms with Gasteiger partial charge in [-0.05, 0) is 48.9 Å². The average molecular weight is 325 g/mol. The maximum absolute atomic E-state index is 12.0. The van der Waals surface area contributed by atoms with E-state index in [9.17, 15) is 4.79 Å². The van der Waals surface area contributed by atoms with Gasteiger partial charge in [-0.2, -0.15) is 0 Å². The summed E-state index contributed by atoms with van der Waals surface area (Å²) in [4.78, 5) is 12.0. The number of rotatable bonds is 2. The van der Waals surface area contributed by atoms with Crippen LogP contribution >= 0.6 is 27.5 Å². The molecule has 0 saturated heterocycles. The van der Waals surface area contributed by atoms with Crippen LogP contribution in [0.15, 0.2) is 46.9 Å². The monoisotopic (exact) mass is 323 g/mol. The van der Waals surface area contributed by atoms with Crippen molar-refractivity contribution < 1.29 is 4.79 Å². The van der Waals surface area contributed by atoms with E-state index in [2.05, 4.69) is 21.2 Å². The van der Waals surface area contributed by atoms with Crippen LogP contribution in [0.25, 0.3) is 0 Å². The number of carbonyl (C=O) groups is 1. The molecule has 0 unspecified atom stereocenters. The highest BCUT2D eigenvalue weighted by atomic mass is 79.9. The van der Waals surface area contributed by atoms with Crippen molar-refractivity contribution in [3.63, 3.8) is 0 Å². The minimum absolute atomic E-state index is 0.151. The van der Waals surface area contributed by atoms with Gasteiger partial charge in [-0.15, -0.1) is 0 Å². The van der Waals surface area contributed by atoms with Crippen molar-refractivity contribution in [1.29, 1.82) is 0 Å². The molecule has 0 bridgehead atoms. The van der Waals surface area contributed by atoms with E-state index in [0.29, 0.717) is 10.6 Å². The van der Waals surface area contributed by atoms with Crippen molar-refractivity contribution in [2.45, 2.75) is 6.92 Å². The van der Waals surface area contributed by atoms with Crippen LogP contribution in [0.1, 0.15) is 15.9 Å².